The van der Waals surface area contributed by atoms with Crippen LogP contribution >= 0.6 is 34.5 Å². The summed E-state index contributed by atoms with van der Waals surface area (Å²) in [5.74, 6) is 0. The third-order valence-corrected chi connectivity index (χ3v) is 4.39. The van der Waals surface area contributed by atoms with Crippen LogP contribution in [0.4, 0.5) is 0 Å². The zero-order valence-electron chi connectivity index (χ0n) is 9.94. The quantitative estimate of drug-likeness (QED) is 0.514. The molecule has 1 heterocycles. The van der Waals surface area contributed by atoms with Crippen molar-refractivity contribution in [2.45, 2.75) is 0 Å². The van der Waals surface area contributed by atoms with E-state index in [1.165, 1.54) is 21.6 Å². The van der Waals surface area contributed by atoms with Gasteiger partial charge in [-0.25, -0.2) is 0 Å². The molecule has 3 rings (SSSR count). The summed E-state index contributed by atoms with van der Waals surface area (Å²) >= 11 is 13.5. The van der Waals surface area contributed by atoms with E-state index < -0.39 is 0 Å². The highest BCUT2D eigenvalue weighted by Crippen LogP contribution is 2.33. The molecule has 3 aromatic rings. The number of benzene rings is 2. The van der Waals surface area contributed by atoms with Crippen molar-refractivity contribution < 1.29 is 0 Å². The van der Waals surface area contributed by atoms with Crippen molar-refractivity contribution >= 4 is 34.5 Å². The Morgan fingerprint density at radius 2 is 1.16 bits per heavy atom. The molecule has 94 valence electrons. The molecular formula is C16H10Cl2S. The van der Waals surface area contributed by atoms with E-state index in [1.54, 1.807) is 11.3 Å². The molecule has 0 saturated heterocycles. The second kappa shape index (κ2) is 5.38. The van der Waals surface area contributed by atoms with Crippen molar-refractivity contribution in [2.24, 2.45) is 0 Å². The van der Waals surface area contributed by atoms with Crippen LogP contribution in [-0.2, 0) is 0 Å². The lowest BCUT2D eigenvalue weighted by molar-refractivity contribution is 1.66. The molecule has 2 aromatic carbocycles. The standard InChI is InChI=1S/C16H10Cl2S/c17-14-5-1-11(2-6-14)13-9-16(19-10-13)12-3-7-15(18)8-4-12/h1-10H. The molecule has 0 aliphatic carbocycles. The summed E-state index contributed by atoms with van der Waals surface area (Å²) in [6.45, 7) is 0. The Kier molecular flexibility index (Phi) is 3.61. The van der Waals surface area contributed by atoms with Crippen molar-refractivity contribution in [3.8, 4) is 21.6 Å². The summed E-state index contributed by atoms with van der Waals surface area (Å²) < 4.78 is 0. The maximum Gasteiger partial charge on any atom is 0.0406 e. The summed E-state index contributed by atoms with van der Waals surface area (Å²) in [7, 11) is 0. The average Bonchev–Trinajstić information content (AvgIpc) is 2.90. The molecule has 0 spiro atoms. The second-order valence-electron chi connectivity index (χ2n) is 4.21. The fraction of sp³-hybridized carbons (Fsp3) is 0. The number of thiophene rings is 1. The van der Waals surface area contributed by atoms with Crippen molar-refractivity contribution in [1.82, 2.24) is 0 Å². The summed E-state index contributed by atoms with van der Waals surface area (Å²) in [5, 5.41) is 3.68. The summed E-state index contributed by atoms with van der Waals surface area (Å²) in [6.07, 6.45) is 0. The normalized spacial score (nSPS) is 10.6. The number of halogens is 2. The van der Waals surface area contributed by atoms with Crippen LogP contribution in [0.5, 0.6) is 0 Å². The maximum atomic E-state index is 5.91. The zero-order valence-corrected chi connectivity index (χ0v) is 12.3. The van der Waals surface area contributed by atoms with Crippen LogP contribution in [0.3, 0.4) is 0 Å². The van der Waals surface area contributed by atoms with Gasteiger partial charge >= 0.3 is 0 Å². The van der Waals surface area contributed by atoms with E-state index in [9.17, 15) is 0 Å². The average molecular weight is 305 g/mol. The first kappa shape index (κ1) is 12.7. The van der Waals surface area contributed by atoms with Gasteiger partial charge in [-0.2, -0.15) is 0 Å². The molecule has 0 aliphatic heterocycles. The van der Waals surface area contributed by atoms with Gasteiger partial charge in [0.15, 0.2) is 0 Å². The van der Waals surface area contributed by atoms with Crippen LogP contribution in [0.25, 0.3) is 21.6 Å². The Hall–Kier alpha value is -1.28. The van der Waals surface area contributed by atoms with E-state index >= 15 is 0 Å². The Balaban J connectivity index is 1.95. The van der Waals surface area contributed by atoms with Gasteiger partial charge in [-0.15, -0.1) is 11.3 Å². The van der Waals surface area contributed by atoms with E-state index in [-0.39, 0.29) is 0 Å². The fourth-order valence-corrected chi connectivity index (χ4v) is 3.07. The van der Waals surface area contributed by atoms with Gasteiger partial charge in [0.2, 0.25) is 0 Å². The number of hydrogen-bond acceptors (Lipinski definition) is 1. The zero-order chi connectivity index (χ0) is 13.2. The highest BCUT2D eigenvalue weighted by Gasteiger charge is 2.04. The van der Waals surface area contributed by atoms with Crippen molar-refractivity contribution in [3.63, 3.8) is 0 Å². The monoisotopic (exact) mass is 304 g/mol. The molecule has 0 amide bonds. The molecule has 0 atom stereocenters. The molecule has 0 aliphatic rings. The Morgan fingerprint density at radius 3 is 1.74 bits per heavy atom. The van der Waals surface area contributed by atoms with E-state index in [2.05, 4.69) is 11.4 Å². The van der Waals surface area contributed by atoms with Crippen molar-refractivity contribution in [3.05, 3.63) is 70.0 Å². The SMILES string of the molecule is Clc1ccc(-c2csc(-c3ccc(Cl)cc3)c2)cc1. The lowest BCUT2D eigenvalue weighted by Gasteiger charge is -1.98. The van der Waals surface area contributed by atoms with Gasteiger partial charge in [0.1, 0.15) is 0 Å². The Bertz CT molecular complexity index is 622. The topological polar surface area (TPSA) is 0 Å². The van der Waals surface area contributed by atoms with Gasteiger partial charge in [0, 0.05) is 14.9 Å². The van der Waals surface area contributed by atoms with Crippen LogP contribution in [0, 0.1) is 0 Å². The smallest absolute Gasteiger partial charge is 0.0406 e. The van der Waals surface area contributed by atoms with Crippen LogP contribution in [0.2, 0.25) is 10.0 Å². The van der Waals surface area contributed by atoms with Crippen LogP contribution in [-0.4, -0.2) is 0 Å². The minimum absolute atomic E-state index is 0.761. The highest BCUT2D eigenvalue weighted by molar-refractivity contribution is 7.14. The molecule has 0 saturated carbocycles. The molecular weight excluding hydrogens is 295 g/mol. The van der Waals surface area contributed by atoms with E-state index in [1.807, 2.05) is 48.5 Å². The first-order valence-corrected chi connectivity index (χ1v) is 7.46. The third kappa shape index (κ3) is 2.84. The first-order valence-electron chi connectivity index (χ1n) is 5.83. The molecule has 19 heavy (non-hydrogen) atoms. The van der Waals surface area contributed by atoms with Crippen molar-refractivity contribution in [2.75, 3.05) is 0 Å². The van der Waals surface area contributed by atoms with Gasteiger partial charge in [0.05, 0.1) is 0 Å². The summed E-state index contributed by atoms with van der Waals surface area (Å²) in [6, 6.07) is 18.0. The molecule has 3 heteroatoms. The van der Waals surface area contributed by atoms with Gasteiger partial charge in [0.25, 0.3) is 0 Å². The van der Waals surface area contributed by atoms with Crippen LogP contribution < -0.4 is 0 Å². The highest BCUT2D eigenvalue weighted by atomic mass is 35.5. The minimum atomic E-state index is 0.761. The van der Waals surface area contributed by atoms with Crippen LogP contribution in [0.1, 0.15) is 0 Å². The third-order valence-electron chi connectivity index (χ3n) is 2.91. The van der Waals surface area contributed by atoms with Crippen molar-refractivity contribution in [1.29, 1.82) is 0 Å². The van der Waals surface area contributed by atoms with E-state index in [4.69, 9.17) is 23.2 Å². The van der Waals surface area contributed by atoms with Gasteiger partial charge in [-0.3, -0.25) is 0 Å². The second-order valence-corrected chi connectivity index (χ2v) is 6.00. The van der Waals surface area contributed by atoms with Crippen LogP contribution in [0.15, 0.2) is 60.0 Å². The molecule has 0 nitrogen and oxygen atoms in total. The molecule has 0 unspecified atom stereocenters. The molecule has 0 radical (unpaired) electrons. The van der Waals surface area contributed by atoms with Gasteiger partial charge in [-0.1, -0.05) is 47.5 Å². The Labute approximate surface area is 126 Å². The maximum absolute atomic E-state index is 5.91. The molecule has 0 N–H and O–H groups in total. The predicted molar refractivity (Wildman–Crippen MR) is 85.2 cm³/mol. The molecule has 0 fully saturated rings. The summed E-state index contributed by atoms with van der Waals surface area (Å²) in [4.78, 5) is 1.24. The predicted octanol–water partition coefficient (Wildman–Crippen LogP) is 6.39. The Morgan fingerprint density at radius 1 is 0.632 bits per heavy atom. The first-order chi connectivity index (χ1) is 9.22. The lowest BCUT2D eigenvalue weighted by Crippen LogP contribution is -1.73. The van der Waals surface area contributed by atoms with Gasteiger partial charge in [-0.05, 0) is 52.4 Å². The lowest BCUT2D eigenvalue weighted by atomic mass is 10.1. The van der Waals surface area contributed by atoms with Gasteiger partial charge < -0.3 is 0 Å². The minimum Gasteiger partial charge on any atom is -0.143 e. The summed E-state index contributed by atoms with van der Waals surface area (Å²) in [5.41, 5.74) is 3.59. The largest absolute Gasteiger partial charge is 0.143 e. The fourth-order valence-electron chi connectivity index (χ4n) is 1.90. The molecule has 1 aromatic heterocycles. The van der Waals surface area contributed by atoms with E-state index in [0.717, 1.165) is 10.0 Å². The van der Waals surface area contributed by atoms with E-state index in [0.29, 0.717) is 0 Å². The number of hydrogen-bond donors (Lipinski definition) is 0. The molecule has 0 bridgehead atoms. The number of rotatable bonds is 2.